The van der Waals surface area contributed by atoms with Crippen LogP contribution in [0.2, 0.25) is 0 Å². The monoisotopic (exact) mass is 329 g/mol. The number of amides is 1. The number of hydrogen-bond acceptors (Lipinski definition) is 5. The van der Waals surface area contributed by atoms with Crippen LogP contribution in [0.5, 0.6) is 11.5 Å². The highest BCUT2D eigenvalue weighted by Gasteiger charge is 2.18. The van der Waals surface area contributed by atoms with Gasteiger partial charge >= 0.3 is 0 Å². The lowest BCUT2D eigenvalue weighted by atomic mass is 10.1. The van der Waals surface area contributed by atoms with Crippen molar-refractivity contribution in [3.8, 4) is 11.5 Å². The molecule has 24 heavy (non-hydrogen) atoms. The number of hydrogen-bond donors (Lipinski definition) is 2. The second-order valence-corrected chi connectivity index (χ2v) is 5.70. The highest BCUT2D eigenvalue weighted by Crippen LogP contribution is 2.29. The Morgan fingerprint density at radius 3 is 2.29 bits per heavy atom. The molecule has 0 atom stereocenters. The Kier molecular flexibility index (Phi) is 6.01. The van der Waals surface area contributed by atoms with E-state index in [1.54, 1.807) is 30.5 Å². The second-order valence-electron chi connectivity index (χ2n) is 5.70. The summed E-state index contributed by atoms with van der Waals surface area (Å²) in [7, 11) is 3.03. The molecular weight excluding hydrogens is 306 g/mol. The first-order chi connectivity index (χ1) is 11.5. The Bertz CT molecular complexity index is 662. The lowest BCUT2D eigenvalue weighted by Crippen LogP contribution is -2.15. The van der Waals surface area contributed by atoms with Gasteiger partial charge in [0.2, 0.25) is 0 Å². The quantitative estimate of drug-likeness (QED) is 0.814. The van der Waals surface area contributed by atoms with Crippen molar-refractivity contribution in [1.82, 2.24) is 4.98 Å². The minimum Gasteiger partial charge on any atom is -0.496 e. The van der Waals surface area contributed by atoms with E-state index in [0.29, 0.717) is 28.7 Å². The Morgan fingerprint density at radius 2 is 1.79 bits per heavy atom. The Labute approximate surface area is 142 Å². The minimum absolute atomic E-state index is 0.311. The molecule has 1 aromatic carbocycles. The molecular formula is C18H23N3O3. The Hall–Kier alpha value is -2.76. The maximum Gasteiger partial charge on any atom is 0.263 e. The number of methoxy groups -OCH3 is 2. The maximum atomic E-state index is 12.6. The van der Waals surface area contributed by atoms with Crippen molar-refractivity contribution in [2.75, 3.05) is 31.4 Å². The molecule has 0 spiro atoms. The molecule has 128 valence electrons. The highest BCUT2D eigenvalue weighted by atomic mass is 16.5. The van der Waals surface area contributed by atoms with Crippen LogP contribution in [0.15, 0.2) is 36.5 Å². The molecule has 2 rings (SSSR count). The number of carbonyl (C=O) groups excluding carboxylic acids is 1. The first-order valence-electron chi connectivity index (χ1n) is 7.77. The van der Waals surface area contributed by atoms with Gasteiger partial charge in [0.1, 0.15) is 22.9 Å². The first-order valence-corrected chi connectivity index (χ1v) is 7.77. The molecule has 0 aliphatic heterocycles. The second kappa shape index (κ2) is 8.19. The van der Waals surface area contributed by atoms with Crippen molar-refractivity contribution in [3.63, 3.8) is 0 Å². The van der Waals surface area contributed by atoms with Gasteiger partial charge in [-0.05, 0) is 30.2 Å². The van der Waals surface area contributed by atoms with E-state index in [0.717, 1.165) is 12.4 Å². The number of nitrogens with one attached hydrogen (secondary N) is 2. The summed E-state index contributed by atoms with van der Waals surface area (Å²) in [5.41, 5.74) is 0.951. The summed E-state index contributed by atoms with van der Waals surface area (Å²) < 4.78 is 10.5. The molecule has 0 aliphatic carbocycles. The van der Waals surface area contributed by atoms with E-state index in [1.165, 1.54) is 14.2 Å². The van der Waals surface area contributed by atoms with E-state index in [4.69, 9.17) is 9.47 Å². The average molecular weight is 329 g/mol. The van der Waals surface area contributed by atoms with E-state index < -0.39 is 0 Å². The molecule has 0 saturated heterocycles. The summed E-state index contributed by atoms with van der Waals surface area (Å²) in [6.07, 6.45) is 1.61. The van der Waals surface area contributed by atoms with Crippen molar-refractivity contribution >= 4 is 17.4 Å². The van der Waals surface area contributed by atoms with Gasteiger partial charge in [-0.1, -0.05) is 19.9 Å². The van der Waals surface area contributed by atoms with Gasteiger partial charge in [-0.2, -0.15) is 0 Å². The van der Waals surface area contributed by atoms with Crippen LogP contribution in [0.4, 0.5) is 11.5 Å². The molecule has 1 heterocycles. The van der Waals surface area contributed by atoms with E-state index in [2.05, 4.69) is 29.5 Å². The topological polar surface area (TPSA) is 72.5 Å². The van der Waals surface area contributed by atoms with Crippen LogP contribution < -0.4 is 20.1 Å². The number of pyridine rings is 1. The number of anilines is 2. The fourth-order valence-electron chi connectivity index (χ4n) is 2.15. The number of carbonyl (C=O) groups is 1. The van der Waals surface area contributed by atoms with E-state index >= 15 is 0 Å². The van der Waals surface area contributed by atoms with Gasteiger partial charge in [0, 0.05) is 6.54 Å². The molecule has 0 saturated carbocycles. The number of nitrogens with zero attached hydrogens (tertiary/aromatic N) is 1. The van der Waals surface area contributed by atoms with Gasteiger partial charge in [0.25, 0.3) is 5.91 Å². The van der Waals surface area contributed by atoms with Gasteiger partial charge in [-0.3, -0.25) is 4.79 Å². The number of aromatic nitrogens is 1. The van der Waals surface area contributed by atoms with E-state index in [-0.39, 0.29) is 5.91 Å². The molecule has 0 radical (unpaired) electrons. The van der Waals surface area contributed by atoms with E-state index in [9.17, 15) is 4.79 Å². The van der Waals surface area contributed by atoms with Crippen LogP contribution in [0.25, 0.3) is 0 Å². The van der Waals surface area contributed by atoms with Gasteiger partial charge in [0.05, 0.1) is 26.1 Å². The Balaban J connectivity index is 2.12. The highest BCUT2D eigenvalue weighted by molar-refractivity contribution is 6.08. The number of rotatable bonds is 7. The molecule has 6 nitrogen and oxygen atoms in total. The zero-order chi connectivity index (χ0) is 17.5. The zero-order valence-electron chi connectivity index (χ0n) is 14.4. The van der Waals surface area contributed by atoms with Gasteiger partial charge in [-0.25, -0.2) is 4.98 Å². The van der Waals surface area contributed by atoms with Crippen molar-refractivity contribution < 1.29 is 14.3 Å². The van der Waals surface area contributed by atoms with Crippen LogP contribution in [0, 0.1) is 5.92 Å². The third-order valence-corrected chi connectivity index (χ3v) is 3.37. The van der Waals surface area contributed by atoms with Crippen molar-refractivity contribution in [3.05, 3.63) is 42.1 Å². The lowest BCUT2D eigenvalue weighted by Gasteiger charge is -2.13. The fourth-order valence-corrected chi connectivity index (χ4v) is 2.15. The molecule has 2 aromatic rings. The van der Waals surface area contributed by atoms with Crippen LogP contribution in [0.3, 0.4) is 0 Å². The van der Waals surface area contributed by atoms with Gasteiger partial charge in [-0.15, -0.1) is 0 Å². The number of benzene rings is 1. The zero-order valence-corrected chi connectivity index (χ0v) is 14.4. The average Bonchev–Trinajstić information content (AvgIpc) is 2.60. The smallest absolute Gasteiger partial charge is 0.263 e. The summed E-state index contributed by atoms with van der Waals surface area (Å²) in [5.74, 6) is 1.90. The van der Waals surface area contributed by atoms with Crippen LogP contribution in [-0.4, -0.2) is 31.7 Å². The molecule has 6 heteroatoms. The van der Waals surface area contributed by atoms with Crippen molar-refractivity contribution in [2.24, 2.45) is 5.92 Å². The Morgan fingerprint density at radius 1 is 1.12 bits per heavy atom. The predicted molar refractivity (Wildman–Crippen MR) is 95.1 cm³/mol. The molecule has 1 amide bonds. The van der Waals surface area contributed by atoms with E-state index in [1.807, 2.05) is 6.07 Å². The van der Waals surface area contributed by atoms with Gasteiger partial charge < -0.3 is 20.1 Å². The summed E-state index contributed by atoms with van der Waals surface area (Å²) in [6, 6.07) is 8.83. The van der Waals surface area contributed by atoms with Crippen LogP contribution in [-0.2, 0) is 0 Å². The van der Waals surface area contributed by atoms with Gasteiger partial charge in [0.15, 0.2) is 0 Å². The molecule has 0 aliphatic rings. The summed E-state index contributed by atoms with van der Waals surface area (Å²) in [5, 5.41) is 6.04. The predicted octanol–water partition coefficient (Wildman–Crippen LogP) is 3.42. The molecule has 0 unspecified atom stereocenters. The molecule has 2 N–H and O–H groups in total. The summed E-state index contributed by atoms with van der Waals surface area (Å²) in [4.78, 5) is 16.9. The van der Waals surface area contributed by atoms with Crippen molar-refractivity contribution in [1.29, 1.82) is 0 Å². The fraction of sp³-hybridized carbons (Fsp3) is 0.333. The van der Waals surface area contributed by atoms with Crippen LogP contribution in [0.1, 0.15) is 24.2 Å². The number of ether oxygens (including phenoxy) is 2. The summed E-state index contributed by atoms with van der Waals surface area (Å²) >= 11 is 0. The molecule has 0 fully saturated rings. The standard InChI is InChI=1S/C18H23N3O3/c1-12(2)10-19-16-9-8-13(11-20-16)21-18(22)17-14(23-3)6-5-7-15(17)24-4/h5-9,11-12H,10H2,1-4H3,(H,19,20)(H,21,22). The molecule has 1 aromatic heterocycles. The minimum atomic E-state index is -0.311. The SMILES string of the molecule is COc1cccc(OC)c1C(=O)Nc1ccc(NCC(C)C)nc1. The third kappa shape index (κ3) is 4.38. The third-order valence-electron chi connectivity index (χ3n) is 3.37. The largest absolute Gasteiger partial charge is 0.496 e. The summed E-state index contributed by atoms with van der Waals surface area (Å²) in [6.45, 7) is 5.10. The molecule has 0 bridgehead atoms. The normalized spacial score (nSPS) is 10.4. The van der Waals surface area contributed by atoms with Crippen molar-refractivity contribution in [2.45, 2.75) is 13.8 Å². The van der Waals surface area contributed by atoms with Crippen LogP contribution >= 0.6 is 0 Å². The maximum absolute atomic E-state index is 12.6. The lowest BCUT2D eigenvalue weighted by molar-refractivity contribution is 0.102. The first kappa shape index (κ1) is 17.6.